The standard InChI is InChI=1S/C21H28N2O4S/c1-4-16-15-20(9-10-21(16)26-3)28(24,25)22-17-5-7-18(8-6-17)27-19-11-13-23(2)14-12-19/h5-10,15,19,22H,4,11-14H2,1-3H3. The fourth-order valence-electron chi connectivity index (χ4n) is 3.31. The van der Waals surface area contributed by atoms with Gasteiger partial charge in [-0.1, -0.05) is 6.92 Å². The number of aryl methyl sites for hydroxylation is 1. The Kier molecular flexibility index (Phi) is 6.46. The summed E-state index contributed by atoms with van der Waals surface area (Å²) < 4.78 is 39.3. The summed E-state index contributed by atoms with van der Waals surface area (Å²) in [4.78, 5) is 2.51. The maximum atomic E-state index is 12.7. The van der Waals surface area contributed by atoms with Crippen molar-refractivity contribution < 1.29 is 17.9 Å². The molecular formula is C21H28N2O4S. The van der Waals surface area contributed by atoms with Crippen LogP contribution in [-0.2, 0) is 16.4 Å². The summed E-state index contributed by atoms with van der Waals surface area (Å²) in [7, 11) is 0.0250. The van der Waals surface area contributed by atoms with E-state index < -0.39 is 10.0 Å². The Morgan fingerprint density at radius 3 is 2.39 bits per heavy atom. The van der Waals surface area contributed by atoms with Crippen molar-refractivity contribution in [2.75, 3.05) is 32.0 Å². The number of likely N-dealkylation sites (tertiary alicyclic amines) is 1. The minimum absolute atomic E-state index is 0.213. The summed E-state index contributed by atoms with van der Waals surface area (Å²) >= 11 is 0. The molecule has 7 heteroatoms. The lowest BCUT2D eigenvalue weighted by atomic mass is 10.1. The molecule has 0 atom stereocenters. The number of ether oxygens (including phenoxy) is 2. The molecule has 1 aliphatic heterocycles. The zero-order valence-electron chi connectivity index (χ0n) is 16.6. The Balaban J connectivity index is 1.67. The smallest absolute Gasteiger partial charge is 0.261 e. The average molecular weight is 405 g/mol. The number of sulfonamides is 1. The summed E-state index contributed by atoms with van der Waals surface area (Å²) in [6, 6.07) is 12.0. The highest BCUT2D eigenvalue weighted by Crippen LogP contribution is 2.26. The van der Waals surface area contributed by atoms with Crippen LogP contribution in [0.1, 0.15) is 25.3 Å². The molecule has 6 nitrogen and oxygen atoms in total. The van der Waals surface area contributed by atoms with E-state index in [2.05, 4.69) is 16.7 Å². The molecule has 0 spiro atoms. The molecule has 0 aromatic heterocycles. The van der Waals surface area contributed by atoms with Gasteiger partial charge in [0.1, 0.15) is 17.6 Å². The molecule has 0 bridgehead atoms. The van der Waals surface area contributed by atoms with Crippen molar-refractivity contribution in [2.45, 2.75) is 37.2 Å². The summed E-state index contributed by atoms with van der Waals surface area (Å²) in [5.41, 5.74) is 1.36. The van der Waals surface area contributed by atoms with Gasteiger partial charge in [-0.3, -0.25) is 4.72 Å². The van der Waals surface area contributed by atoms with E-state index in [0.29, 0.717) is 17.9 Å². The van der Waals surface area contributed by atoms with Crippen LogP contribution >= 0.6 is 0 Å². The highest BCUT2D eigenvalue weighted by Gasteiger charge is 2.19. The Morgan fingerprint density at radius 2 is 1.79 bits per heavy atom. The van der Waals surface area contributed by atoms with Gasteiger partial charge >= 0.3 is 0 Å². The first-order valence-corrected chi connectivity index (χ1v) is 11.0. The molecule has 1 fully saturated rings. The van der Waals surface area contributed by atoms with Crippen molar-refractivity contribution >= 4 is 15.7 Å². The number of methoxy groups -OCH3 is 1. The van der Waals surface area contributed by atoms with E-state index in [0.717, 1.165) is 37.2 Å². The lowest BCUT2D eigenvalue weighted by Gasteiger charge is -2.29. The molecule has 0 saturated carbocycles. The zero-order chi connectivity index (χ0) is 20.1. The maximum absolute atomic E-state index is 12.7. The first-order valence-electron chi connectivity index (χ1n) is 9.56. The molecule has 2 aromatic carbocycles. The van der Waals surface area contributed by atoms with Crippen molar-refractivity contribution in [3.8, 4) is 11.5 Å². The highest BCUT2D eigenvalue weighted by molar-refractivity contribution is 7.92. The fourth-order valence-corrected chi connectivity index (χ4v) is 4.42. The fraction of sp³-hybridized carbons (Fsp3) is 0.429. The topological polar surface area (TPSA) is 67.9 Å². The van der Waals surface area contributed by atoms with Gasteiger partial charge < -0.3 is 14.4 Å². The number of hydrogen-bond acceptors (Lipinski definition) is 5. The van der Waals surface area contributed by atoms with E-state index in [1.807, 2.05) is 19.1 Å². The summed E-state index contributed by atoms with van der Waals surface area (Å²) in [5, 5.41) is 0. The van der Waals surface area contributed by atoms with E-state index in [4.69, 9.17) is 9.47 Å². The number of hydrogen-bond donors (Lipinski definition) is 1. The Labute approximate surface area is 167 Å². The highest BCUT2D eigenvalue weighted by atomic mass is 32.2. The zero-order valence-corrected chi connectivity index (χ0v) is 17.5. The third-order valence-electron chi connectivity index (χ3n) is 5.02. The SMILES string of the molecule is CCc1cc(S(=O)(=O)Nc2ccc(OC3CCN(C)CC3)cc2)ccc1OC. The third-order valence-corrected chi connectivity index (χ3v) is 6.40. The Bertz CT molecular complexity index is 889. The monoisotopic (exact) mass is 404 g/mol. The maximum Gasteiger partial charge on any atom is 0.261 e. The van der Waals surface area contributed by atoms with Crippen LogP contribution in [0.25, 0.3) is 0 Å². The van der Waals surface area contributed by atoms with Gasteiger partial charge in [0.2, 0.25) is 0 Å². The van der Waals surface area contributed by atoms with Crippen molar-refractivity contribution in [1.82, 2.24) is 4.90 Å². The van der Waals surface area contributed by atoms with E-state index >= 15 is 0 Å². The summed E-state index contributed by atoms with van der Waals surface area (Å²) in [6.45, 7) is 4.03. The van der Waals surface area contributed by atoms with E-state index in [-0.39, 0.29) is 11.0 Å². The molecule has 0 aliphatic carbocycles. The molecule has 1 heterocycles. The van der Waals surface area contributed by atoms with Crippen LogP contribution in [-0.4, -0.2) is 46.7 Å². The van der Waals surface area contributed by atoms with Gasteiger partial charge in [-0.15, -0.1) is 0 Å². The molecule has 1 saturated heterocycles. The van der Waals surface area contributed by atoms with E-state index in [1.54, 1.807) is 37.4 Å². The summed E-state index contributed by atoms with van der Waals surface area (Å²) in [6.07, 6.45) is 2.91. The van der Waals surface area contributed by atoms with Gasteiger partial charge in [0, 0.05) is 18.8 Å². The van der Waals surface area contributed by atoms with Crippen LogP contribution in [0.5, 0.6) is 11.5 Å². The molecule has 2 aromatic rings. The van der Waals surface area contributed by atoms with Crippen LogP contribution in [0.3, 0.4) is 0 Å². The average Bonchev–Trinajstić information content (AvgIpc) is 2.70. The van der Waals surface area contributed by atoms with Crippen LogP contribution < -0.4 is 14.2 Å². The lowest BCUT2D eigenvalue weighted by molar-refractivity contribution is 0.114. The predicted octanol–water partition coefficient (Wildman–Crippen LogP) is 3.53. The minimum atomic E-state index is -3.67. The number of benzene rings is 2. The molecule has 0 radical (unpaired) electrons. The second kappa shape index (κ2) is 8.84. The van der Waals surface area contributed by atoms with Gasteiger partial charge in [0.05, 0.1) is 12.0 Å². The first kappa shape index (κ1) is 20.5. The van der Waals surface area contributed by atoms with Crippen LogP contribution in [0.4, 0.5) is 5.69 Å². The normalized spacial score (nSPS) is 16.0. The van der Waals surface area contributed by atoms with Crippen LogP contribution in [0, 0.1) is 0 Å². The van der Waals surface area contributed by atoms with Crippen molar-refractivity contribution in [3.05, 3.63) is 48.0 Å². The number of nitrogens with zero attached hydrogens (tertiary/aromatic N) is 1. The molecule has 1 aliphatic rings. The molecule has 0 amide bonds. The first-order chi connectivity index (χ1) is 13.4. The molecule has 0 unspecified atom stereocenters. The second-order valence-electron chi connectivity index (χ2n) is 7.08. The molecule has 152 valence electrons. The third kappa shape index (κ3) is 4.97. The Morgan fingerprint density at radius 1 is 1.11 bits per heavy atom. The minimum Gasteiger partial charge on any atom is -0.496 e. The molecule has 3 rings (SSSR count). The summed E-state index contributed by atoms with van der Waals surface area (Å²) in [5.74, 6) is 1.45. The van der Waals surface area contributed by atoms with Crippen molar-refractivity contribution in [2.24, 2.45) is 0 Å². The van der Waals surface area contributed by atoms with E-state index in [9.17, 15) is 8.42 Å². The molecule has 1 N–H and O–H groups in total. The van der Waals surface area contributed by atoms with Gasteiger partial charge in [-0.2, -0.15) is 0 Å². The molecule has 28 heavy (non-hydrogen) atoms. The van der Waals surface area contributed by atoms with Gasteiger partial charge in [-0.25, -0.2) is 8.42 Å². The van der Waals surface area contributed by atoms with Gasteiger partial charge in [0.15, 0.2) is 0 Å². The molecular weight excluding hydrogens is 376 g/mol. The van der Waals surface area contributed by atoms with Crippen LogP contribution in [0.2, 0.25) is 0 Å². The number of anilines is 1. The lowest BCUT2D eigenvalue weighted by Crippen LogP contribution is -2.35. The number of rotatable bonds is 7. The van der Waals surface area contributed by atoms with E-state index in [1.165, 1.54) is 0 Å². The van der Waals surface area contributed by atoms with Crippen molar-refractivity contribution in [3.63, 3.8) is 0 Å². The van der Waals surface area contributed by atoms with Crippen LogP contribution in [0.15, 0.2) is 47.4 Å². The van der Waals surface area contributed by atoms with Crippen molar-refractivity contribution in [1.29, 1.82) is 0 Å². The quantitative estimate of drug-likeness (QED) is 0.765. The van der Waals surface area contributed by atoms with Gasteiger partial charge in [-0.05, 0) is 74.3 Å². The predicted molar refractivity (Wildman–Crippen MR) is 111 cm³/mol. The number of piperidine rings is 1. The second-order valence-corrected chi connectivity index (χ2v) is 8.76. The van der Waals surface area contributed by atoms with Gasteiger partial charge in [0.25, 0.3) is 10.0 Å². The Hall–Kier alpha value is -2.25. The largest absolute Gasteiger partial charge is 0.496 e. The number of nitrogens with one attached hydrogen (secondary N) is 1.